The summed E-state index contributed by atoms with van der Waals surface area (Å²) in [5.41, 5.74) is 2.80. The van der Waals surface area contributed by atoms with Gasteiger partial charge in [-0.15, -0.1) is 0 Å². The fourth-order valence-electron chi connectivity index (χ4n) is 3.87. The first-order chi connectivity index (χ1) is 14.2. The van der Waals surface area contributed by atoms with Crippen molar-refractivity contribution in [1.82, 2.24) is 9.80 Å². The highest BCUT2D eigenvalue weighted by Crippen LogP contribution is 2.44. The van der Waals surface area contributed by atoms with E-state index in [1.54, 1.807) is 16.7 Å². The number of para-hydroxylation sites is 1. The van der Waals surface area contributed by atoms with E-state index in [9.17, 15) is 10.1 Å². The molecule has 4 rings (SSSR count). The molecule has 0 radical (unpaired) electrons. The molecule has 0 N–H and O–H groups in total. The molecule has 1 fully saturated rings. The van der Waals surface area contributed by atoms with E-state index in [4.69, 9.17) is 4.74 Å². The van der Waals surface area contributed by atoms with Gasteiger partial charge in [-0.2, -0.15) is 5.26 Å². The number of rotatable bonds is 5. The number of nitrogens with zero attached hydrogens (tertiary/aromatic N) is 3. The third-order valence-electron chi connectivity index (χ3n) is 5.19. The number of benzene rings is 2. The monoisotopic (exact) mass is 405 g/mol. The molecule has 5 nitrogen and oxygen atoms in total. The standard InChI is InChI=1S/C23H23N3O2S/c1-2-28-21-11-7-6-10-18(21)19-12-22(27)26-15-25(14-17-8-4-3-5-9-17)16-29-23(26)20(19)13-24/h3-11,19H,2,12,14-16H2,1H3. The first-order valence-electron chi connectivity index (χ1n) is 9.76. The second kappa shape index (κ2) is 8.73. The molecule has 1 amide bonds. The van der Waals surface area contributed by atoms with E-state index in [1.807, 2.05) is 49.4 Å². The largest absolute Gasteiger partial charge is 0.494 e. The minimum Gasteiger partial charge on any atom is -0.494 e. The van der Waals surface area contributed by atoms with Crippen molar-refractivity contribution in [2.45, 2.75) is 25.8 Å². The van der Waals surface area contributed by atoms with Crippen molar-refractivity contribution in [3.63, 3.8) is 0 Å². The molecule has 0 bridgehead atoms. The van der Waals surface area contributed by atoms with Crippen LogP contribution in [-0.4, -0.2) is 34.9 Å². The number of carbonyl (C=O) groups excluding carboxylic acids is 1. The lowest BCUT2D eigenvalue weighted by Crippen LogP contribution is -2.46. The maximum Gasteiger partial charge on any atom is 0.229 e. The molecule has 148 valence electrons. The summed E-state index contributed by atoms with van der Waals surface area (Å²) in [4.78, 5) is 17.0. The lowest BCUT2D eigenvalue weighted by Gasteiger charge is -2.41. The van der Waals surface area contributed by atoms with Crippen molar-refractivity contribution in [2.24, 2.45) is 0 Å². The zero-order valence-electron chi connectivity index (χ0n) is 16.4. The number of hydrogen-bond acceptors (Lipinski definition) is 5. The Morgan fingerprint density at radius 3 is 2.69 bits per heavy atom. The van der Waals surface area contributed by atoms with Crippen LogP contribution in [0.25, 0.3) is 0 Å². The lowest BCUT2D eigenvalue weighted by atomic mass is 9.86. The van der Waals surface area contributed by atoms with E-state index < -0.39 is 0 Å². The van der Waals surface area contributed by atoms with Crippen LogP contribution in [0.3, 0.4) is 0 Å². The predicted molar refractivity (Wildman–Crippen MR) is 114 cm³/mol. The SMILES string of the molecule is CCOc1ccccc1C1CC(=O)N2CN(Cc3ccccc3)CSC2=C1C#N. The second-order valence-electron chi connectivity index (χ2n) is 7.11. The summed E-state index contributed by atoms with van der Waals surface area (Å²) in [6.07, 6.45) is 0.288. The Labute approximate surface area is 175 Å². The van der Waals surface area contributed by atoms with Gasteiger partial charge >= 0.3 is 0 Å². The molecule has 29 heavy (non-hydrogen) atoms. The Kier molecular flexibility index (Phi) is 5.89. The van der Waals surface area contributed by atoms with Crippen molar-refractivity contribution < 1.29 is 9.53 Å². The number of carbonyl (C=O) groups is 1. The van der Waals surface area contributed by atoms with Crippen molar-refractivity contribution in [1.29, 1.82) is 5.26 Å². The summed E-state index contributed by atoms with van der Waals surface area (Å²) >= 11 is 1.58. The van der Waals surface area contributed by atoms with Crippen molar-refractivity contribution >= 4 is 17.7 Å². The summed E-state index contributed by atoms with van der Waals surface area (Å²) in [6, 6.07) is 20.4. The topological polar surface area (TPSA) is 56.6 Å². The first kappa shape index (κ1) is 19.6. The molecule has 2 aliphatic rings. The first-order valence-corrected chi connectivity index (χ1v) is 10.7. The molecular weight excluding hydrogens is 382 g/mol. The van der Waals surface area contributed by atoms with Crippen molar-refractivity contribution in [3.8, 4) is 11.8 Å². The maximum atomic E-state index is 13.0. The predicted octanol–water partition coefficient (Wildman–Crippen LogP) is 4.30. The van der Waals surface area contributed by atoms with Crippen LogP contribution in [0.1, 0.15) is 30.4 Å². The summed E-state index contributed by atoms with van der Waals surface area (Å²) in [5.74, 6) is 1.30. The fraction of sp³-hybridized carbons (Fsp3) is 0.304. The minimum absolute atomic E-state index is 0.0561. The summed E-state index contributed by atoms with van der Waals surface area (Å²) < 4.78 is 5.77. The number of fused-ring (bicyclic) bond motifs is 1. The molecule has 0 aliphatic carbocycles. The van der Waals surface area contributed by atoms with Crippen LogP contribution in [0.5, 0.6) is 5.75 Å². The normalized spacial score (nSPS) is 19.7. The van der Waals surface area contributed by atoms with Gasteiger partial charge in [-0.3, -0.25) is 14.6 Å². The average molecular weight is 406 g/mol. The van der Waals surface area contributed by atoms with Gasteiger partial charge in [-0.25, -0.2) is 0 Å². The maximum absolute atomic E-state index is 13.0. The van der Waals surface area contributed by atoms with Gasteiger partial charge in [0.2, 0.25) is 5.91 Å². The van der Waals surface area contributed by atoms with E-state index in [0.717, 1.165) is 28.8 Å². The highest BCUT2D eigenvalue weighted by atomic mass is 32.2. The second-order valence-corrected chi connectivity index (χ2v) is 8.04. The summed E-state index contributed by atoms with van der Waals surface area (Å²) in [6.45, 7) is 3.78. The smallest absolute Gasteiger partial charge is 0.229 e. The Morgan fingerprint density at radius 2 is 1.93 bits per heavy atom. The Balaban J connectivity index is 1.61. The van der Waals surface area contributed by atoms with Crippen LogP contribution < -0.4 is 4.74 Å². The number of ether oxygens (including phenoxy) is 1. The Morgan fingerprint density at radius 1 is 1.17 bits per heavy atom. The molecule has 0 aromatic heterocycles. The zero-order chi connectivity index (χ0) is 20.2. The van der Waals surface area contributed by atoms with Crippen LogP contribution in [0.15, 0.2) is 65.2 Å². The highest BCUT2D eigenvalue weighted by molar-refractivity contribution is 8.03. The van der Waals surface area contributed by atoms with Crippen LogP contribution in [-0.2, 0) is 11.3 Å². The van der Waals surface area contributed by atoms with Gasteiger partial charge in [-0.05, 0) is 18.6 Å². The van der Waals surface area contributed by atoms with E-state index >= 15 is 0 Å². The van der Waals surface area contributed by atoms with Gasteiger partial charge in [0.05, 0.1) is 35.8 Å². The van der Waals surface area contributed by atoms with Crippen LogP contribution in [0, 0.1) is 11.3 Å². The molecule has 2 heterocycles. The number of hydrogen-bond donors (Lipinski definition) is 0. The van der Waals surface area contributed by atoms with E-state index in [-0.39, 0.29) is 18.2 Å². The van der Waals surface area contributed by atoms with Gasteiger partial charge in [0.25, 0.3) is 0 Å². The zero-order valence-corrected chi connectivity index (χ0v) is 17.2. The average Bonchev–Trinajstić information content (AvgIpc) is 2.75. The number of thioether (sulfide) groups is 1. The molecular formula is C23H23N3O2S. The minimum atomic E-state index is -0.255. The molecule has 1 atom stereocenters. The third kappa shape index (κ3) is 4.02. The van der Waals surface area contributed by atoms with Crippen molar-refractivity contribution in [3.05, 3.63) is 76.3 Å². The van der Waals surface area contributed by atoms with E-state index in [2.05, 4.69) is 23.1 Å². The molecule has 0 spiro atoms. The van der Waals surface area contributed by atoms with Crippen LogP contribution >= 0.6 is 11.8 Å². The molecule has 2 aromatic rings. The molecule has 1 saturated heterocycles. The number of amides is 1. The highest BCUT2D eigenvalue weighted by Gasteiger charge is 2.39. The van der Waals surface area contributed by atoms with E-state index in [0.29, 0.717) is 18.8 Å². The van der Waals surface area contributed by atoms with Gasteiger partial charge < -0.3 is 4.74 Å². The molecule has 2 aromatic carbocycles. The van der Waals surface area contributed by atoms with Crippen molar-refractivity contribution in [2.75, 3.05) is 19.2 Å². The van der Waals surface area contributed by atoms with Gasteiger partial charge in [0.15, 0.2) is 0 Å². The Hall–Kier alpha value is -2.75. The lowest BCUT2D eigenvalue weighted by molar-refractivity contribution is -0.131. The van der Waals surface area contributed by atoms with E-state index in [1.165, 1.54) is 5.56 Å². The fourth-order valence-corrected chi connectivity index (χ4v) is 5.01. The van der Waals surface area contributed by atoms with Gasteiger partial charge in [0.1, 0.15) is 5.75 Å². The number of allylic oxidation sites excluding steroid dienone is 1. The van der Waals surface area contributed by atoms with Crippen LogP contribution in [0.4, 0.5) is 0 Å². The third-order valence-corrected chi connectivity index (χ3v) is 6.40. The molecule has 6 heteroatoms. The quantitative estimate of drug-likeness (QED) is 0.742. The molecule has 1 unspecified atom stereocenters. The summed E-state index contributed by atoms with van der Waals surface area (Å²) in [5, 5.41) is 10.8. The van der Waals surface area contributed by atoms with Crippen LogP contribution in [0.2, 0.25) is 0 Å². The van der Waals surface area contributed by atoms with Gasteiger partial charge in [-0.1, -0.05) is 60.3 Å². The molecule has 0 saturated carbocycles. The Bertz CT molecular complexity index is 968. The molecule has 2 aliphatic heterocycles. The summed E-state index contributed by atoms with van der Waals surface area (Å²) in [7, 11) is 0. The number of nitriles is 1. The van der Waals surface area contributed by atoms with Gasteiger partial charge in [0, 0.05) is 24.4 Å².